The number of carbonyl (C=O) groups is 2. The highest BCUT2D eigenvalue weighted by Gasteiger charge is 2.33. The highest BCUT2D eigenvalue weighted by atomic mass is 32.2. The van der Waals surface area contributed by atoms with Crippen molar-refractivity contribution in [2.24, 2.45) is 5.92 Å². The Labute approximate surface area is 198 Å². The van der Waals surface area contributed by atoms with Gasteiger partial charge in [-0.25, -0.2) is 12.8 Å². The van der Waals surface area contributed by atoms with E-state index in [4.69, 9.17) is 0 Å². The molecule has 0 unspecified atom stereocenters. The maximum absolute atomic E-state index is 13.1. The number of nitrogens with one attached hydrogen (secondary N) is 2. The summed E-state index contributed by atoms with van der Waals surface area (Å²) in [5, 5.41) is 7.53. The lowest BCUT2D eigenvalue weighted by atomic mass is 9.97. The van der Waals surface area contributed by atoms with E-state index >= 15 is 0 Å². The van der Waals surface area contributed by atoms with E-state index in [-0.39, 0.29) is 29.8 Å². The fourth-order valence-electron chi connectivity index (χ4n) is 4.09. The minimum Gasteiger partial charge on any atom is -0.344 e. The summed E-state index contributed by atoms with van der Waals surface area (Å²) in [5.74, 6) is -1.51. The van der Waals surface area contributed by atoms with Gasteiger partial charge < -0.3 is 10.6 Å². The first-order valence-electron chi connectivity index (χ1n) is 11.1. The molecule has 3 aromatic carbocycles. The number of halogens is 1. The number of fused-ring (bicyclic) bond motifs is 1. The standard InChI is InChI=1S/C25H26FN3O4S/c1-17(24(30)28-23-8-4-6-18-5-2-3-7-22(18)23)27-25(31)19-13-15-29(16-14-19)34(32,33)21-11-9-20(26)10-12-21/h2-12,17,19H,13-16H2,1H3,(H,27,31)(H,28,30)/t17-/m0/s1. The quantitative estimate of drug-likeness (QED) is 0.561. The molecule has 1 heterocycles. The lowest BCUT2D eigenvalue weighted by molar-refractivity contribution is -0.129. The van der Waals surface area contributed by atoms with Crippen LogP contribution in [0.1, 0.15) is 19.8 Å². The van der Waals surface area contributed by atoms with E-state index in [2.05, 4.69) is 10.6 Å². The smallest absolute Gasteiger partial charge is 0.246 e. The Morgan fingerprint density at radius 2 is 1.62 bits per heavy atom. The van der Waals surface area contributed by atoms with Gasteiger partial charge >= 0.3 is 0 Å². The van der Waals surface area contributed by atoms with Crippen molar-refractivity contribution < 1.29 is 22.4 Å². The van der Waals surface area contributed by atoms with Crippen LogP contribution in [0.2, 0.25) is 0 Å². The number of hydrogen-bond donors (Lipinski definition) is 2. The van der Waals surface area contributed by atoms with Gasteiger partial charge in [-0.05, 0) is 55.5 Å². The molecule has 3 aromatic rings. The van der Waals surface area contributed by atoms with Gasteiger partial charge in [-0.3, -0.25) is 9.59 Å². The molecule has 1 fully saturated rings. The first kappa shape index (κ1) is 23.8. The Hall–Kier alpha value is -3.30. The number of rotatable bonds is 6. The molecular formula is C25H26FN3O4S. The van der Waals surface area contributed by atoms with Crippen molar-refractivity contribution in [2.75, 3.05) is 18.4 Å². The van der Waals surface area contributed by atoms with Crippen molar-refractivity contribution in [3.63, 3.8) is 0 Å². The Morgan fingerprint density at radius 3 is 2.32 bits per heavy atom. The Bertz CT molecular complexity index is 1300. The van der Waals surface area contributed by atoms with Gasteiger partial charge in [0.25, 0.3) is 0 Å². The monoisotopic (exact) mass is 483 g/mol. The molecule has 9 heteroatoms. The van der Waals surface area contributed by atoms with Crippen LogP contribution in [-0.4, -0.2) is 43.7 Å². The number of anilines is 1. The van der Waals surface area contributed by atoms with Crippen LogP contribution in [0, 0.1) is 11.7 Å². The summed E-state index contributed by atoms with van der Waals surface area (Å²) in [6.07, 6.45) is 0.674. The molecule has 0 saturated carbocycles. The van der Waals surface area contributed by atoms with Gasteiger partial charge in [-0.1, -0.05) is 36.4 Å². The molecule has 1 aliphatic rings. The topological polar surface area (TPSA) is 95.6 Å². The summed E-state index contributed by atoms with van der Waals surface area (Å²) in [6, 6.07) is 17.3. The van der Waals surface area contributed by atoms with Crippen molar-refractivity contribution in [1.82, 2.24) is 9.62 Å². The number of nitrogens with zero attached hydrogens (tertiary/aromatic N) is 1. The average Bonchev–Trinajstić information content (AvgIpc) is 2.84. The number of benzene rings is 3. The van der Waals surface area contributed by atoms with Crippen LogP contribution in [0.3, 0.4) is 0 Å². The minimum absolute atomic E-state index is 0.0236. The zero-order valence-electron chi connectivity index (χ0n) is 18.7. The molecular weight excluding hydrogens is 457 g/mol. The van der Waals surface area contributed by atoms with E-state index in [1.54, 1.807) is 6.92 Å². The van der Waals surface area contributed by atoms with Gasteiger partial charge in [0, 0.05) is 30.1 Å². The molecule has 0 bridgehead atoms. The maximum atomic E-state index is 13.1. The highest BCUT2D eigenvalue weighted by molar-refractivity contribution is 7.89. The summed E-state index contributed by atoms with van der Waals surface area (Å²) < 4.78 is 40.0. The molecule has 1 aliphatic heterocycles. The van der Waals surface area contributed by atoms with E-state index in [0.29, 0.717) is 18.5 Å². The van der Waals surface area contributed by atoms with Crippen LogP contribution in [0.15, 0.2) is 71.6 Å². The third-order valence-corrected chi connectivity index (χ3v) is 7.99. The van der Waals surface area contributed by atoms with Gasteiger partial charge in [0.1, 0.15) is 11.9 Å². The van der Waals surface area contributed by atoms with Crippen LogP contribution >= 0.6 is 0 Å². The van der Waals surface area contributed by atoms with Crippen molar-refractivity contribution in [3.8, 4) is 0 Å². The predicted molar refractivity (Wildman–Crippen MR) is 128 cm³/mol. The summed E-state index contributed by atoms with van der Waals surface area (Å²) in [7, 11) is -3.75. The first-order chi connectivity index (χ1) is 16.3. The molecule has 34 heavy (non-hydrogen) atoms. The number of carbonyl (C=O) groups excluding carboxylic acids is 2. The molecule has 0 aromatic heterocycles. The number of sulfonamides is 1. The minimum atomic E-state index is -3.75. The van der Waals surface area contributed by atoms with Crippen molar-refractivity contribution in [2.45, 2.75) is 30.7 Å². The van der Waals surface area contributed by atoms with Gasteiger partial charge in [0.2, 0.25) is 21.8 Å². The molecule has 1 atom stereocenters. The second kappa shape index (κ2) is 9.90. The van der Waals surface area contributed by atoms with E-state index in [1.165, 1.54) is 16.4 Å². The molecule has 0 radical (unpaired) electrons. The Morgan fingerprint density at radius 1 is 0.971 bits per heavy atom. The second-order valence-corrected chi connectivity index (χ2v) is 10.3. The van der Waals surface area contributed by atoms with E-state index < -0.39 is 27.8 Å². The number of hydrogen-bond acceptors (Lipinski definition) is 4. The van der Waals surface area contributed by atoms with Gasteiger partial charge in [-0.15, -0.1) is 0 Å². The van der Waals surface area contributed by atoms with Gasteiger partial charge in [-0.2, -0.15) is 4.31 Å². The normalized spacial score (nSPS) is 16.2. The van der Waals surface area contributed by atoms with Crippen molar-refractivity contribution >= 4 is 38.3 Å². The molecule has 178 valence electrons. The molecule has 4 rings (SSSR count). The van der Waals surface area contributed by atoms with Crippen molar-refractivity contribution in [1.29, 1.82) is 0 Å². The van der Waals surface area contributed by atoms with Crippen molar-refractivity contribution in [3.05, 3.63) is 72.5 Å². The second-order valence-electron chi connectivity index (χ2n) is 8.38. The zero-order chi connectivity index (χ0) is 24.3. The van der Waals surface area contributed by atoms with E-state index in [0.717, 1.165) is 22.9 Å². The van der Waals surface area contributed by atoms with Gasteiger partial charge in [0.05, 0.1) is 4.90 Å². The third-order valence-electron chi connectivity index (χ3n) is 6.08. The largest absolute Gasteiger partial charge is 0.344 e. The number of piperidine rings is 1. The van der Waals surface area contributed by atoms with Crippen LogP contribution in [-0.2, 0) is 19.6 Å². The highest BCUT2D eigenvalue weighted by Crippen LogP contribution is 2.25. The summed E-state index contributed by atoms with van der Waals surface area (Å²) in [4.78, 5) is 25.5. The zero-order valence-corrected chi connectivity index (χ0v) is 19.5. The molecule has 7 nitrogen and oxygen atoms in total. The maximum Gasteiger partial charge on any atom is 0.246 e. The fourth-order valence-corrected chi connectivity index (χ4v) is 5.56. The molecule has 0 aliphatic carbocycles. The lowest BCUT2D eigenvalue weighted by Gasteiger charge is -2.31. The Balaban J connectivity index is 1.32. The predicted octanol–water partition coefficient (Wildman–Crippen LogP) is 3.52. The van der Waals surface area contributed by atoms with Gasteiger partial charge in [0.15, 0.2) is 0 Å². The number of amides is 2. The first-order valence-corrected chi connectivity index (χ1v) is 12.5. The van der Waals surface area contributed by atoms with Crippen LogP contribution in [0.4, 0.5) is 10.1 Å². The average molecular weight is 484 g/mol. The summed E-state index contributed by atoms with van der Waals surface area (Å²) >= 11 is 0. The fraction of sp³-hybridized carbons (Fsp3) is 0.280. The Kier molecular flexibility index (Phi) is 6.95. The van der Waals surface area contributed by atoms with Crippen LogP contribution in [0.5, 0.6) is 0 Å². The van der Waals surface area contributed by atoms with E-state index in [9.17, 15) is 22.4 Å². The van der Waals surface area contributed by atoms with Crippen LogP contribution in [0.25, 0.3) is 10.8 Å². The third kappa shape index (κ3) is 5.10. The van der Waals surface area contributed by atoms with E-state index in [1.807, 2.05) is 42.5 Å². The summed E-state index contributed by atoms with van der Waals surface area (Å²) in [6.45, 7) is 1.97. The van der Waals surface area contributed by atoms with Crippen LogP contribution < -0.4 is 10.6 Å². The molecule has 1 saturated heterocycles. The molecule has 2 N–H and O–H groups in total. The molecule has 0 spiro atoms. The molecule has 2 amide bonds. The summed E-state index contributed by atoms with van der Waals surface area (Å²) in [5.41, 5.74) is 0.670. The lowest BCUT2D eigenvalue weighted by Crippen LogP contribution is -2.47. The SMILES string of the molecule is C[C@H](NC(=O)C1CCN(S(=O)(=O)c2ccc(F)cc2)CC1)C(=O)Nc1cccc2ccccc12.